The van der Waals surface area contributed by atoms with Gasteiger partial charge < -0.3 is 21.1 Å². The molecule has 0 saturated heterocycles. The van der Waals surface area contributed by atoms with E-state index in [1.807, 2.05) is 25.1 Å². The molecule has 0 spiro atoms. The highest BCUT2D eigenvalue weighted by Gasteiger charge is 2.13. The summed E-state index contributed by atoms with van der Waals surface area (Å²) >= 11 is 0. The van der Waals surface area contributed by atoms with Crippen molar-refractivity contribution in [2.75, 3.05) is 32.6 Å². The smallest absolute Gasteiger partial charge is 0.251 e. The Labute approximate surface area is 120 Å². The largest absolute Gasteiger partial charge is 0.383 e. The molecule has 4 N–H and O–H groups in total. The molecule has 1 aromatic rings. The molecule has 0 heterocycles. The first-order chi connectivity index (χ1) is 9.63. The van der Waals surface area contributed by atoms with Gasteiger partial charge in [0, 0.05) is 31.5 Å². The van der Waals surface area contributed by atoms with Crippen LogP contribution in [0.5, 0.6) is 0 Å². The Kier molecular flexibility index (Phi) is 7.04. The van der Waals surface area contributed by atoms with E-state index in [1.165, 1.54) is 0 Å². The standard InChI is InChI=1S/C15H25N3O2/c1-11-13(15(19)17-2)7-4-8-14(11)18-12(10-20-3)6-5-9-16/h4,7-8,12,18H,5-6,9-10,16H2,1-3H3,(H,17,19). The molecule has 0 aliphatic rings. The molecule has 5 heteroatoms. The van der Waals surface area contributed by atoms with Crippen molar-refractivity contribution in [1.29, 1.82) is 0 Å². The van der Waals surface area contributed by atoms with Gasteiger partial charge in [-0.05, 0) is 44.0 Å². The number of carbonyl (C=O) groups is 1. The van der Waals surface area contributed by atoms with Crippen LogP contribution < -0.4 is 16.4 Å². The molecule has 0 radical (unpaired) electrons. The van der Waals surface area contributed by atoms with E-state index in [2.05, 4.69) is 10.6 Å². The van der Waals surface area contributed by atoms with Crippen molar-refractivity contribution >= 4 is 11.6 Å². The van der Waals surface area contributed by atoms with E-state index < -0.39 is 0 Å². The number of nitrogens with one attached hydrogen (secondary N) is 2. The molecule has 1 atom stereocenters. The third kappa shape index (κ3) is 4.51. The molecule has 0 fully saturated rings. The van der Waals surface area contributed by atoms with Crippen LogP contribution in [-0.4, -0.2) is 39.3 Å². The fourth-order valence-electron chi connectivity index (χ4n) is 2.16. The number of nitrogens with two attached hydrogens (primary N) is 1. The van der Waals surface area contributed by atoms with Crippen molar-refractivity contribution in [1.82, 2.24) is 5.32 Å². The van der Waals surface area contributed by atoms with Gasteiger partial charge in [-0.25, -0.2) is 0 Å². The van der Waals surface area contributed by atoms with Crippen LogP contribution in [0.2, 0.25) is 0 Å². The first kappa shape index (κ1) is 16.5. The zero-order valence-electron chi connectivity index (χ0n) is 12.5. The number of carbonyl (C=O) groups excluding carboxylic acids is 1. The summed E-state index contributed by atoms with van der Waals surface area (Å²) in [6.45, 7) is 3.22. The summed E-state index contributed by atoms with van der Waals surface area (Å²) in [7, 11) is 3.32. The van der Waals surface area contributed by atoms with Crippen LogP contribution in [0.4, 0.5) is 5.69 Å². The fraction of sp³-hybridized carbons (Fsp3) is 0.533. The van der Waals surface area contributed by atoms with E-state index in [4.69, 9.17) is 10.5 Å². The normalized spacial score (nSPS) is 12.0. The summed E-state index contributed by atoms with van der Waals surface area (Å²) in [5.74, 6) is -0.0728. The van der Waals surface area contributed by atoms with Gasteiger partial charge >= 0.3 is 0 Å². The van der Waals surface area contributed by atoms with E-state index in [0.29, 0.717) is 18.7 Å². The number of amides is 1. The molecule has 0 aliphatic carbocycles. The molecule has 5 nitrogen and oxygen atoms in total. The Balaban J connectivity index is 2.86. The molecular weight excluding hydrogens is 254 g/mol. The molecule has 1 rings (SSSR count). The van der Waals surface area contributed by atoms with Crippen LogP contribution in [0.25, 0.3) is 0 Å². The van der Waals surface area contributed by atoms with Crippen molar-refractivity contribution in [3.05, 3.63) is 29.3 Å². The highest BCUT2D eigenvalue weighted by molar-refractivity contribution is 5.96. The molecule has 0 aliphatic heterocycles. The second kappa shape index (κ2) is 8.55. The predicted molar refractivity (Wildman–Crippen MR) is 82.1 cm³/mol. The maximum atomic E-state index is 11.8. The Morgan fingerprint density at radius 2 is 2.20 bits per heavy atom. The molecule has 1 aromatic carbocycles. The Morgan fingerprint density at radius 1 is 1.45 bits per heavy atom. The van der Waals surface area contributed by atoms with Gasteiger partial charge in [0.1, 0.15) is 0 Å². The lowest BCUT2D eigenvalue weighted by molar-refractivity contribution is 0.0962. The summed E-state index contributed by atoms with van der Waals surface area (Å²) in [5.41, 5.74) is 8.15. The van der Waals surface area contributed by atoms with Gasteiger partial charge in [-0.1, -0.05) is 6.07 Å². The highest BCUT2D eigenvalue weighted by Crippen LogP contribution is 2.20. The first-order valence-corrected chi connectivity index (χ1v) is 6.91. The average molecular weight is 279 g/mol. The quantitative estimate of drug-likeness (QED) is 0.674. The van der Waals surface area contributed by atoms with Crippen molar-refractivity contribution < 1.29 is 9.53 Å². The Morgan fingerprint density at radius 3 is 2.80 bits per heavy atom. The number of anilines is 1. The zero-order valence-corrected chi connectivity index (χ0v) is 12.5. The number of ether oxygens (including phenoxy) is 1. The SMILES string of the molecule is CNC(=O)c1cccc(NC(CCCN)COC)c1C. The van der Waals surface area contributed by atoms with Gasteiger partial charge in [-0.15, -0.1) is 0 Å². The minimum atomic E-state index is -0.0728. The van der Waals surface area contributed by atoms with Crippen molar-refractivity contribution in [3.8, 4) is 0 Å². The van der Waals surface area contributed by atoms with Crippen LogP contribution in [0.15, 0.2) is 18.2 Å². The lowest BCUT2D eigenvalue weighted by Gasteiger charge is -2.21. The first-order valence-electron chi connectivity index (χ1n) is 6.91. The second-order valence-electron chi connectivity index (χ2n) is 4.78. The minimum Gasteiger partial charge on any atom is -0.383 e. The van der Waals surface area contributed by atoms with E-state index in [1.54, 1.807) is 14.2 Å². The molecule has 112 valence electrons. The van der Waals surface area contributed by atoms with E-state index in [-0.39, 0.29) is 11.9 Å². The zero-order chi connectivity index (χ0) is 15.0. The second-order valence-corrected chi connectivity index (χ2v) is 4.78. The fourth-order valence-corrected chi connectivity index (χ4v) is 2.16. The number of hydrogen-bond acceptors (Lipinski definition) is 4. The van der Waals surface area contributed by atoms with Crippen LogP contribution in [0.3, 0.4) is 0 Å². The minimum absolute atomic E-state index is 0.0728. The maximum Gasteiger partial charge on any atom is 0.251 e. The monoisotopic (exact) mass is 279 g/mol. The average Bonchev–Trinajstić information content (AvgIpc) is 2.46. The van der Waals surface area contributed by atoms with Crippen molar-refractivity contribution in [2.45, 2.75) is 25.8 Å². The maximum absolute atomic E-state index is 11.8. The van der Waals surface area contributed by atoms with E-state index in [9.17, 15) is 4.79 Å². The third-order valence-corrected chi connectivity index (χ3v) is 3.29. The summed E-state index contributed by atoms with van der Waals surface area (Å²) < 4.78 is 5.23. The number of methoxy groups -OCH3 is 1. The van der Waals surface area contributed by atoms with E-state index in [0.717, 1.165) is 24.1 Å². The van der Waals surface area contributed by atoms with Crippen LogP contribution in [0, 0.1) is 6.92 Å². The predicted octanol–water partition coefficient (Wildman–Crippen LogP) is 1.52. The third-order valence-electron chi connectivity index (χ3n) is 3.29. The number of hydrogen-bond donors (Lipinski definition) is 3. The summed E-state index contributed by atoms with van der Waals surface area (Å²) in [6.07, 6.45) is 1.88. The van der Waals surface area contributed by atoms with Crippen molar-refractivity contribution in [2.24, 2.45) is 5.73 Å². The summed E-state index contributed by atoms with van der Waals surface area (Å²) in [6, 6.07) is 5.88. The Hall–Kier alpha value is -1.59. The van der Waals surface area contributed by atoms with Gasteiger partial charge in [-0.2, -0.15) is 0 Å². The molecule has 1 amide bonds. The molecule has 0 saturated carbocycles. The summed E-state index contributed by atoms with van der Waals surface area (Å²) in [5, 5.41) is 6.10. The van der Waals surface area contributed by atoms with Gasteiger partial charge in [0.2, 0.25) is 0 Å². The van der Waals surface area contributed by atoms with Gasteiger partial charge in [0.25, 0.3) is 5.91 Å². The molecule has 0 aromatic heterocycles. The van der Waals surface area contributed by atoms with Crippen LogP contribution >= 0.6 is 0 Å². The number of rotatable bonds is 8. The van der Waals surface area contributed by atoms with Gasteiger partial charge in [0.05, 0.1) is 6.61 Å². The lowest BCUT2D eigenvalue weighted by Crippen LogP contribution is -2.27. The molecule has 1 unspecified atom stereocenters. The number of benzene rings is 1. The van der Waals surface area contributed by atoms with E-state index >= 15 is 0 Å². The molecular formula is C15H25N3O2. The summed E-state index contributed by atoms with van der Waals surface area (Å²) in [4.78, 5) is 11.8. The Bertz CT molecular complexity index is 435. The van der Waals surface area contributed by atoms with Crippen LogP contribution in [-0.2, 0) is 4.74 Å². The molecule has 0 bridgehead atoms. The van der Waals surface area contributed by atoms with Crippen molar-refractivity contribution in [3.63, 3.8) is 0 Å². The van der Waals surface area contributed by atoms with Gasteiger partial charge in [-0.3, -0.25) is 4.79 Å². The van der Waals surface area contributed by atoms with Gasteiger partial charge in [0.15, 0.2) is 0 Å². The highest BCUT2D eigenvalue weighted by atomic mass is 16.5. The topological polar surface area (TPSA) is 76.4 Å². The molecule has 20 heavy (non-hydrogen) atoms. The van der Waals surface area contributed by atoms with Crippen LogP contribution in [0.1, 0.15) is 28.8 Å². The lowest BCUT2D eigenvalue weighted by atomic mass is 10.0.